The van der Waals surface area contributed by atoms with Gasteiger partial charge in [0, 0.05) is 47.5 Å². The van der Waals surface area contributed by atoms with E-state index in [-0.39, 0.29) is 17.6 Å². The highest BCUT2D eigenvalue weighted by Gasteiger charge is 2.25. The molecular formula is C27H22N6O3. The molecule has 0 bridgehead atoms. The molecule has 3 N–H and O–H groups in total. The number of carbonyl (C=O) groups is 3. The van der Waals surface area contributed by atoms with E-state index in [2.05, 4.69) is 20.7 Å². The van der Waals surface area contributed by atoms with Crippen molar-refractivity contribution in [2.24, 2.45) is 0 Å². The average Bonchev–Trinajstić information content (AvgIpc) is 3.64. The number of anilines is 2. The van der Waals surface area contributed by atoms with Crippen molar-refractivity contribution in [2.75, 3.05) is 22.2 Å². The molecule has 0 atom stereocenters. The van der Waals surface area contributed by atoms with Crippen LogP contribution in [0.15, 0.2) is 79.1 Å². The van der Waals surface area contributed by atoms with E-state index < -0.39 is 5.91 Å². The van der Waals surface area contributed by atoms with E-state index in [1.54, 1.807) is 21.8 Å². The van der Waals surface area contributed by atoms with Crippen LogP contribution in [-0.4, -0.2) is 38.9 Å². The summed E-state index contributed by atoms with van der Waals surface area (Å²) in [5, 5.41) is 4.57. The maximum atomic E-state index is 13.4. The Morgan fingerprint density at radius 1 is 0.944 bits per heavy atom. The molecule has 6 rings (SSSR count). The average molecular weight is 479 g/mol. The molecule has 0 aliphatic carbocycles. The van der Waals surface area contributed by atoms with E-state index in [4.69, 9.17) is 0 Å². The number of H-pyrrole nitrogens is 1. The highest BCUT2D eigenvalue weighted by molar-refractivity contribution is 6.19. The zero-order valence-corrected chi connectivity index (χ0v) is 19.2. The Labute approximate surface area is 205 Å². The molecule has 0 spiro atoms. The lowest BCUT2D eigenvalue weighted by atomic mass is 10.1. The van der Waals surface area contributed by atoms with Gasteiger partial charge in [-0.05, 0) is 36.8 Å². The van der Waals surface area contributed by atoms with Crippen LogP contribution in [0.5, 0.6) is 0 Å². The van der Waals surface area contributed by atoms with Gasteiger partial charge in [-0.15, -0.1) is 0 Å². The monoisotopic (exact) mass is 478 g/mol. The molecule has 9 nitrogen and oxygen atoms in total. The molecule has 3 amide bonds. The summed E-state index contributed by atoms with van der Waals surface area (Å²) < 4.78 is 1.61. The summed E-state index contributed by atoms with van der Waals surface area (Å²) in [6.07, 6.45) is 4.38. The SMILES string of the molecule is O=C(Nn1c2cc(N3CCCC3=O)ccc2c2cccc(C(=O)Nc3ccccc3)c21)c1ncc[nH]1. The highest BCUT2D eigenvalue weighted by atomic mass is 16.2. The summed E-state index contributed by atoms with van der Waals surface area (Å²) in [6.45, 7) is 0.647. The molecule has 2 aromatic heterocycles. The minimum Gasteiger partial charge on any atom is -0.340 e. The lowest BCUT2D eigenvalue weighted by molar-refractivity contribution is -0.117. The first-order valence-corrected chi connectivity index (χ1v) is 11.6. The Bertz CT molecular complexity index is 1620. The molecule has 0 radical (unpaired) electrons. The predicted octanol–water partition coefficient (Wildman–Crippen LogP) is 4.28. The van der Waals surface area contributed by atoms with E-state index in [1.807, 2.05) is 60.7 Å². The van der Waals surface area contributed by atoms with E-state index in [9.17, 15) is 14.4 Å². The quantitative estimate of drug-likeness (QED) is 0.350. The van der Waals surface area contributed by atoms with Crippen molar-refractivity contribution in [3.05, 3.63) is 90.5 Å². The molecule has 9 heteroatoms. The number of nitrogens with zero attached hydrogens (tertiary/aromatic N) is 3. The van der Waals surface area contributed by atoms with Crippen molar-refractivity contribution in [3.8, 4) is 0 Å². The molecule has 1 aliphatic heterocycles. The molecule has 0 saturated carbocycles. The van der Waals surface area contributed by atoms with Crippen LogP contribution in [0.2, 0.25) is 0 Å². The number of para-hydroxylation sites is 2. The number of amides is 3. The van der Waals surface area contributed by atoms with Gasteiger partial charge >= 0.3 is 5.91 Å². The van der Waals surface area contributed by atoms with Gasteiger partial charge in [-0.3, -0.25) is 24.5 Å². The number of nitrogens with one attached hydrogen (secondary N) is 3. The van der Waals surface area contributed by atoms with Gasteiger partial charge in [0.05, 0.1) is 16.6 Å². The van der Waals surface area contributed by atoms with Gasteiger partial charge in [0.25, 0.3) is 5.91 Å². The standard InChI is InChI=1S/C27H22N6O3/c34-23-10-5-15-32(23)18-11-12-19-20-8-4-9-21(26(35)30-17-6-2-1-3-7-17)24(20)33(22(19)16-18)31-27(36)25-28-13-14-29-25/h1-4,6-9,11-14,16H,5,10,15H2,(H,28,29)(H,30,35)(H,31,36). The zero-order valence-electron chi connectivity index (χ0n) is 19.2. The van der Waals surface area contributed by atoms with Crippen molar-refractivity contribution in [1.29, 1.82) is 0 Å². The normalized spacial score (nSPS) is 13.4. The van der Waals surface area contributed by atoms with Crippen molar-refractivity contribution < 1.29 is 14.4 Å². The fourth-order valence-corrected chi connectivity index (χ4v) is 4.71. The van der Waals surface area contributed by atoms with E-state index in [1.165, 1.54) is 6.20 Å². The minimum absolute atomic E-state index is 0.0690. The second-order valence-electron chi connectivity index (χ2n) is 8.59. The summed E-state index contributed by atoms with van der Waals surface area (Å²) in [5.41, 5.74) is 5.92. The van der Waals surface area contributed by atoms with E-state index >= 15 is 0 Å². The summed E-state index contributed by atoms with van der Waals surface area (Å²) in [5.74, 6) is -0.556. The number of aromatic nitrogens is 3. The van der Waals surface area contributed by atoms with Crippen molar-refractivity contribution >= 4 is 50.9 Å². The van der Waals surface area contributed by atoms with Crippen LogP contribution in [0.3, 0.4) is 0 Å². The predicted molar refractivity (Wildman–Crippen MR) is 138 cm³/mol. The van der Waals surface area contributed by atoms with Gasteiger partial charge < -0.3 is 15.2 Å². The zero-order chi connectivity index (χ0) is 24.6. The summed E-state index contributed by atoms with van der Waals surface area (Å²) in [7, 11) is 0. The van der Waals surface area contributed by atoms with Gasteiger partial charge in [-0.1, -0.05) is 36.4 Å². The maximum absolute atomic E-state index is 13.4. The first-order chi connectivity index (χ1) is 17.6. The molecule has 1 saturated heterocycles. The summed E-state index contributed by atoms with van der Waals surface area (Å²) >= 11 is 0. The molecule has 36 heavy (non-hydrogen) atoms. The van der Waals surface area contributed by atoms with Crippen LogP contribution in [0.4, 0.5) is 11.4 Å². The number of rotatable bonds is 5. The summed E-state index contributed by atoms with van der Waals surface area (Å²) in [4.78, 5) is 47.4. The Kier molecular flexibility index (Phi) is 5.22. The number of hydrogen-bond donors (Lipinski definition) is 3. The van der Waals surface area contributed by atoms with E-state index in [0.717, 1.165) is 22.9 Å². The van der Waals surface area contributed by atoms with Crippen LogP contribution in [0, 0.1) is 0 Å². The number of imidazole rings is 1. The number of aromatic amines is 1. The van der Waals surface area contributed by atoms with Crippen LogP contribution < -0.4 is 15.6 Å². The summed E-state index contributed by atoms with van der Waals surface area (Å²) in [6, 6.07) is 20.3. The van der Waals surface area contributed by atoms with Crippen molar-refractivity contribution in [3.63, 3.8) is 0 Å². The first kappa shape index (κ1) is 21.6. The number of hydrogen-bond acceptors (Lipinski definition) is 4. The first-order valence-electron chi connectivity index (χ1n) is 11.6. The van der Waals surface area contributed by atoms with Crippen molar-refractivity contribution in [1.82, 2.24) is 14.6 Å². The van der Waals surface area contributed by atoms with Crippen LogP contribution in [-0.2, 0) is 4.79 Å². The van der Waals surface area contributed by atoms with Gasteiger partial charge in [-0.25, -0.2) is 4.98 Å². The van der Waals surface area contributed by atoms with Crippen LogP contribution in [0.1, 0.15) is 33.8 Å². The largest absolute Gasteiger partial charge is 0.340 e. The lowest BCUT2D eigenvalue weighted by Gasteiger charge is -2.16. The van der Waals surface area contributed by atoms with Gasteiger partial charge in [0.1, 0.15) is 0 Å². The van der Waals surface area contributed by atoms with Crippen LogP contribution >= 0.6 is 0 Å². The van der Waals surface area contributed by atoms with Crippen molar-refractivity contribution in [2.45, 2.75) is 12.8 Å². The number of benzene rings is 3. The molecule has 3 heterocycles. The minimum atomic E-state index is -0.459. The van der Waals surface area contributed by atoms with Gasteiger partial charge in [-0.2, -0.15) is 0 Å². The lowest BCUT2D eigenvalue weighted by Crippen LogP contribution is -2.26. The van der Waals surface area contributed by atoms with E-state index in [0.29, 0.717) is 35.2 Å². The molecule has 5 aromatic rings. The van der Waals surface area contributed by atoms with Gasteiger partial charge in [0.15, 0.2) is 5.82 Å². The Morgan fingerprint density at radius 2 is 1.81 bits per heavy atom. The molecular weight excluding hydrogens is 456 g/mol. The highest BCUT2D eigenvalue weighted by Crippen LogP contribution is 2.34. The van der Waals surface area contributed by atoms with Crippen LogP contribution in [0.25, 0.3) is 21.8 Å². The second-order valence-corrected chi connectivity index (χ2v) is 8.59. The fraction of sp³-hybridized carbons (Fsp3) is 0.111. The molecule has 1 fully saturated rings. The third-order valence-corrected chi connectivity index (χ3v) is 6.36. The molecule has 3 aromatic carbocycles. The maximum Gasteiger partial charge on any atom is 0.305 e. The second kappa shape index (κ2) is 8.70. The Balaban J connectivity index is 1.53. The smallest absolute Gasteiger partial charge is 0.305 e. The number of fused-ring (bicyclic) bond motifs is 3. The number of carbonyl (C=O) groups excluding carboxylic acids is 3. The topological polar surface area (TPSA) is 112 Å². The molecule has 178 valence electrons. The third kappa shape index (κ3) is 3.67. The Morgan fingerprint density at radius 3 is 2.56 bits per heavy atom. The molecule has 1 aliphatic rings. The van der Waals surface area contributed by atoms with Gasteiger partial charge in [0.2, 0.25) is 5.91 Å². The molecule has 0 unspecified atom stereocenters. The third-order valence-electron chi connectivity index (χ3n) is 6.36. The fourth-order valence-electron chi connectivity index (χ4n) is 4.71. The Hall–Kier alpha value is -4.92.